The van der Waals surface area contributed by atoms with E-state index in [1.165, 1.54) is 18.2 Å². The van der Waals surface area contributed by atoms with Crippen LogP contribution in [0.5, 0.6) is 0 Å². The zero-order chi connectivity index (χ0) is 20.4. The van der Waals surface area contributed by atoms with Crippen LogP contribution in [0, 0.1) is 5.92 Å². The van der Waals surface area contributed by atoms with Crippen LogP contribution in [0.1, 0.15) is 50.4 Å². The lowest BCUT2D eigenvalue weighted by atomic mass is 10.0. The Hall–Kier alpha value is -1.79. The molecular formula is C19H27Cl2N3O3. The highest BCUT2D eigenvalue weighted by atomic mass is 35.5. The summed E-state index contributed by atoms with van der Waals surface area (Å²) in [5.41, 5.74) is 0.224. The van der Waals surface area contributed by atoms with Crippen LogP contribution < -0.4 is 16.0 Å². The number of hydrogen-bond donors (Lipinski definition) is 3. The average molecular weight is 416 g/mol. The standard InChI is InChI=1S/C19H27Cl2N3O3/c1-12(2)5-4-6-13(3)24-18(26)11-22-17(25)10-23-19(27)15-8-7-14(20)9-16(15)21/h7-9,12-13H,4-6,10-11H2,1-3H3,(H,22,25)(H,23,27)(H,24,26)/t13-/m1/s1. The quantitative estimate of drug-likeness (QED) is 0.548. The van der Waals surface area contributed by atoms with Crippen molar-refractivity contribution < 1.29 is 14.4 Å². The molecule has 0 saturated carbocycles. The first-order valence-electron chi connectivity index (χ1n) is 8.98. The normalized spacial score (nSPS) is 11.8. The van der Waals surface area contributed by atoms with Gasteiger partial charge in [0.2, 0.25) is 11.8 Å². The van der Waals surface area contributed by atoms with Gasteiger partial charge in [-0.15, -0.1) is 0 Å². The molecule has 3 N–H and O–H groups in total. The van der Waals surface area contributed by atoms with Gasteiger partial charge in [0, 0.05) is 11.1 Å². The second-order valence-corrected chi connectivity index (χ2v) is 7.72. The third kappa shape index (κ3) is 9.63. The van der Waals surface area contributed by atoms with Crippen LogP contribution >= 0.6 is 23.2 Å². The summed E-state index contributed by atoms with van der Waals surface area (Å²) >= 11 is 11.7. The van der Waals surface area contributed by atoms with Crippen LogP contribution in [0.2, 0.25) is 10.0 Å². The fourth-order valence-electron chi connectivity index (χ4n) is 2.40. The largest absolute Gasteiger partial charge is 0.352 e. The van der Waals surface area contributed by atoms with E-state index in [1.807, 2.05) is 6.92 Å². The maximum Gasteiger partial charge on any atom is 0.253 e. The summed E-state index contributed by atoms with van der Waals surface area (Å²) in [5.74, 6) is -0.566. The number of rotatable bonds is 10. The molecule has 0 aliphatic rings. The van der Waals surface area contributed by atoms with E-state index in [1.54, 1.807) is 0 Å². The lowest BCUT2D eigenvalue weighted by molar-refractivity contribution is -0.125. The number of carbonyl (C=O) groups excluding carboxylic acids is 3. The highest BCUT2D eigenvalue weighted by Crippen LogP contribution is 2.20. The van der Waals surface area contributed by atoms with Crippen LogP contribution in [0.15, 0.2) is 18.2 Å². The van der Waals surface area contributed by atoms with Crippen LogP contribution in [0.25, 0.3) is 0 Å². The van der Waals surface area contributed by atoms with Gasteiger partial charge in [-0.1, -0.05) is 49.9 Å². The highest BCUT2D eigenvalue weighted by molar-refractivity contribution is 6.36. The second-order valence-electron chi connectivity index (χ2n) is 6.88. The summed E-state index contributed by atoms with van der Waals surface area (Å²) in [7, 11) is 0. The first-order valence-corrected chi connectivity index (χ1v) is 9.74. The van der Waals surface area contributed by atoms with Crippen molar-refractivity contribution in [3.8, 4) is 0 Å². The Labute approximate surface area is 170 Å². The maximum atomic E-state index is 12.0. The molecule has 0 aromatic heterocycles. The number of benzene rings is 1. The molecule has 1 aromatic rings. The highest BCUT2D eigenvalue weighted by Gasteiger charge is 2.13. The summed E-state index contributed by atoms with van der Waals surface area (Å²) in [4.78, 5) is 35.7. The number of amides is 3. The summed E-state index contributed by atoms with van der Waals surface area (Å²) in [6.07, 6.45) is 3.06. The van der Waals surface area contributed by atoms with Crippen molar-refractivity contribution >= 4 is 40.9 Å². The molecule has 0 saturated heterocycles. The topological polar surface area (TPSA) is 87.3 Å². The third-order valence-electron chi connectivity index (χ3n) is 3.86. The van der Waals surface area contributed by atoms with Crippen LogP contribution in [-0.4, -0.2) is 36.9 Å². The molecule has 0 fully saturated rings. The lowest BCUT2D eigenvalue weighted by Gasteiger charge is -2.15. The van der Waals surface area contributed by atoms with Crippen molar-refractivity contribution in [2.24, 2.45) is 5.92 Å². The van der Waals surface area contributed by atoms with Gasteiger partial charge in [-0.2, -0.15) is 0 Å². The van der Waals surface area contributed by atoms with Gasteiger partial charge in [0.1, 0.15) is 0 Å². The van der Waals surface area contributed by atoms with E-state index < -0.39 is 11.8 Å². The molecule has 0 aliphatic carbocycles. The van der Waals surface area contributed by atoms with Gasteiger partial charge in [-0.25, -0.2) is 0 Å². The Morgan fingerprint density at radius 2 is 1.63 bits per heavy atom. The van der Waals surface area contributed by atoms with Crippen LogP contribution in [0.3, 0.4) is 0 Å². The van der Waals surface area contributed by atoms with Crippen molar-refractivity contribution in [1.82, 2.24) is 16.0 Å². The molecule has 150 valence electrons. The minimum Gasteiger partial charge on any atom is -0.352 e. The fraction of sp³-hybridized carbons (Fsp3) is 0.526. The Kier molecular flexibility index (Phi) is 10.2. The van der Waals surface area contributed by atoms with Crippen molar-refractivity contribution in [2.75, 3.05) is 13.1 Å². The minimum atomic E-state index is -0.491. The number of hydrogen-bond acceptors (Lipinski definition) is 3. The molecule has 6 nitrogen and oxygen atoms in total. The molecule has 0 unspecified atom stereocenters. The van der Waals surface area contributed by atoms with E-state index in [9.17, 15) is 14.4 Å². The predicted molar refractivity (Wildman–Crippen MR) is 108 cm³/mol. The van der Waals surface area contributed by atoms with E-state index in [0.717, 1.165) is 19.3 Å². The van der Waals surface area contributed by atoms with E-state index in [2.05, 4.69) is 29.8 Å². The van der Waals surface area contributed by atoms with Gasteiger partial charge in [-0.3, -0.25) is 14.4 Å². The van der Waals surface area contributed by atoms with Crippen LogP contribution in [-0.2, 0) is 9.59 Å². The Bertz CT molecular complexity index is 666. The van der Waals surface area contributed by atoms with E-state index in [0.29, 0.717) is 10.9 Å². The summed E-state index contributed by atoms with van der Waals surface area (Å²) in [6.45, 7) is 5.88. The zero-order valence-corrected chi connectivity index (χ0v) is 17.4. The van der Waals surface area contributed by atoms with Gasteiger partial charge in [0.15, 0.2) is 0 Å². The molecule has 0 bridgehead atoms. The average Bonchev–Trinajstić information content (AvgIpc) is 2.57. The van der Waals surface area contributed by atoms with Crippen molar-refractivity contribution in [1.29, 1.82) is 0 Å². The molecule has 1 aromatic carbocycles. The molecule has 1 rings (SSSR count). The molecule has 27 heavy (non-hydrogen) atoms. The zero-order valence-electron chi connectivity index (χ0n) is 15.9. The third-order valence-corrected chi connectivity index (χ3v) is 4.41. The molecule has 3 amide bonds. The van der Waals surface area contributed by atoms with Gasteiger partial charge < -0.3 is 16.0 Å². The fourth-order valence-corrected chi connectivity index (χ4v) is 2.90. The Balaban J connectivity index is 2.28. The van der Waals surface area contributed by atoms with Gasteiger partial charge in [0.25, 0.3) is 5.91 Å². The number of halogens is 2. The summed E-state index contributed by atoms with van der Waals surface area (Å²) in [6, 6.07) is 4.52. The van der Waals surface area contributed by atoms with E-state index in [-0.39, 0.29) is 35.6 Å². The Morgan fingerprint density at radius 3 is 2.26 bits per heavy atom. The maximum absolute atomic E-state index is 12.0. The predicted octanol–water partition coefficient (Wildman–Crippen LogP) is 3.17. The number of carbonyl (C=O) groups is 3. The van der Waals surface area contributed by atoms with Gasteiger partial charge in [0.05, 0.1) is 23.7 Å². The SMILES string of the molecule is CC(C)CCC[C@@H](C)NC(=O)CNC(=O)CNC(=O)c1ccc(Cl)cc1Cl. The lowest BCUT2D eigenvalue weighted by Crippen LogP contribution is -2.44. The Morgan fingerprint density at radius 1 is 0.963 bits per heavy atom. The molecule has 8 heteroatoms. The number of nitrogens with one attached hydrogen (secondary N) is 3. The first kappa shape index (κ1) is 23.2. The molecular weight excluding hydrogens is 389 g/mol. The summed E-state index contributed by atoms with van der Waals surface area (Å²) < 4.78 is 0. The first-order chi connectivity index (χ1) is 12.7. The molecule has 0 aliphatic heterocycles. The molecule has 0 heterocycles. The van der Waals surface area contributed by atoms with Crippen molar-refractivity contribution in [2.45, 2.75) is 46.1 Å². The van der Waals surface area contributed by atoms with Gasteiger partial charge >= 0.3 is 0 Å². The smallest absolute Gasteiger partial charge is 0.253 e. The molecule has 1 atom stereocenters. The monoisotopic (exact) mass is 415 g/mol. The van der Waals surface area contributed by atoms with E-state index in [4.69, 9.17) is 23.2 Å². The van der Waals surface area contributed by atoms with E-state index >= 15 is 0 Å². The minimum absolute atomic E-state index is 0.0555. The van der Waals surface area contributed by atoms with Crippen molar-refractivity contribution in [3.63, 3.8) is 0 Å². The summed E-state index contributed by atoms with van der Waals surface area (Å²) in [5, 5.41) is 8.38. The van der Waals surface area contributed by atoms with Gasteiger partial charge in [-0.05, 0) is 37.5 Å². The van der Waals surface area contributed by atoms with Crippen LogP contribution in [0.4, 0.5) is 0 Å². The molecule has 0 spiro atoms. The second kappa shape index (κ2) is 11.8. The van der Waals surface area contributed by atoms with Crippen molar-refractivity contribution in [3.05, 3.63) is 33.8 Å². The molecule has 0 radical (unpaired) electrons.